The molecule has 2 fully saturated rings. The van der Waals surface area contributed by atoms with Crippen LogP contribution >= 0.6 is 11.3 Å². The van der Waals surface area contributed by atoms with Crippen LogP contribution in [0.1, 0.15) is 35.3 Å². The van der Waals surface area contributed by atoms with Crippen LogP contribution in [0.25, 0.3) is 0 Å². The van der Waals surface area contributed by atoms with Crippen LogP contribution in [0.3, 0.4) is 0 Å². The van der Waals surface area contributed by atoms with Crippen LogP contribution in [0.2, 0.25) is 0 Å². The first-order valence-electron chi connectivity index (χ1n) is 9.55. The summed E-state index contributed by atoms with van der Waals surface area (Å²) in [6, 6.07) is 9.56. The maximum atomic E-state index is 12.6. The van der Waals surface area contributed by atoms with Crippen molar-refractivity contribution >= 4 is 22.4 Å². The van der Waals surface area contributed by atoms with Crippen molar-refractivity contribution in [3.8, 4) is 0 Å². The molecule has 0 saturated carbocycles. The molecule has 0 radical (unpaired) electrons. The largest absolute Gasteiger partial charge is 0.345 e. The minimum atomic E-state index is 0.134. The lowest BCUT2D eigenvalue weighted by atomic mass is 10.1. The molecule has 0 aliphatic carbocycles. The standard InChI is InChI=1S/C20H26N4OS/c25-19(17-7-3-1-4-8-17)23-11-13-24(14-12-23)20-21-18(16-26-20)15-22-9-5-2-6-10-22/h1,3-4,7-8,16H,2,5-6,9-15H2. The van der Waals surface area contributed by atoms with E-state index in [0.717, 1.165) is 43.4 Å². The number of nitrogens with zero attached hydrogens (tertiary/aromatic N) is 4. The Labute approximate surface area is 159 Å². The second-order valence-corrected chi connectivity index (χ2v) is 7.94. The van der Waals surface area contributed by atoms with E-state index in [4.69, 9.17) is 4.98 Å². The molecule has 2 aromatic rings. The fourth-order valence-corrected chi connectivity index (χ4v) is 4.60. The van der Waals surface area contributed by atoms with E-state index in [0.29, 0.717) is 0 Å². The Morgan fingerprint density at radius 3 is 2.42 bits per heavy atom. The summed E-state index contributed by atoms with van der Waals surface area (Å²) in [5.41, 5.74) is 1.97. The summed E-state index contributed by atoms with van der Waals surface area (Å²) in [6.07, 6.45) is 3.99. The number of piperidine rings is 1. The number of aromatic nitrogens is 1. The molecular formula is C20H26N4OS. The summed E-state index contributed by atoms with van der Waals surface area (Å²) in [5.74, 6) is 0.134. The molecule has 0 bridgehead atoms. The zero-order chi connectivity index (χ0) is 17.8. The van der Waals surface area contributed by atoms with Gasteiger partial charge in [0.05, 0.1) is 5.69 Å². The first-order chi connectivity index (χ1) is 12.8. The average Bonchev–Trinajstić information content (AvgIpc) is 3.17. The van der Waals surface area contributed by atoms with Gasteiger partial charge in [-0.25, -0.2) is 4.98 Å². The molecule has 1 aromatic carbocycles. The number of amides is 1. The average molecular weight is 371 g/mol. The van der Waals surface area contributed by atoms with Crippen molar-refractivity contribution in [3.05, 3.63) is 47.0 Å². The van der Waals surface area contributed by atoms with Crippen LogP contribution in [0.4, 0.5) is 5.13 Å². The Morgan fingerprint density at radius 2 is 1.69 bits per heavy atom. The van der Waals surface area contributed by atoms with Gasteiger partial charge in [-0.2, -0.15) is 0 Å². The molecule has 0 atom stereocenters. The predicted octanol–water partition coefficient (Wildman–Crippen LogP) is 3.09. The molecule has 1 aromatic heterocycles. The Kier molecular flexibility index (Phi) is 5.51. The molecule has 5 nitrogen and oxygen atoms in total. The summed E-state index contributed by atoms with van der Waals surface area (Å²) < 4.78 is 0. The lowest BCUT2D eigenvalue weighted by Crippen LogP contribution is -2.48. The molecular weight excluding hydrogens is 344 g/mol. The van der Waals surface area contributed by atoms with Gasteiger partial charge < -0.3 is 9.80 Å². The molecule has 26 heavy (non-hydrogen) atoms. The van der Waals surface area contributed by atoms with Gasteiger partial charge in [0.2, 0.25) is 0 Å². The first kappa shape index (κ1) is 17.5. The van der Waals surface area contributed by atoms with E-state index in [9.17, 15) is 4.79 Å². The molecule has 6 heteroatoms. The zero-order valence-corrected chi connectivity index (χ0v) is 16.0. The fourth-order valence-electron chi connectivity index (χ4n) is 3.72. The lowest BCUT2D eigenvalue weighted by molar-refractivity contribution is 0.0746. The van der Waals surface area contributed by atoms with Crippen molar-refractivity contribution in [2.24, 2.45) is 0 Å². The number of benzene rings is 1. The normalized spacial score (nSPS) is 18.9. The second-order valence-electron chi connectivity index (χ2n) is 7.10. The molecule has 138 valence electrons. The molecule has 2 aliphatic rings. The van der Waals surface area contributed by atoms with Crippen LogP contribution < -0.4 is 4.90 Å². The van der Waals surface area contributed by atoms with Crippen LogP contribution in [-0.4, -0.2) is 60.0 Å². The van der Waals surface area contributed by atoms with Gasteiger partial charge in [0.25, 0.3) is 5.91 Å². The summed E-state index contributed by atoms with van der Waals surface area (Å²) >= 11 is 1.74. The predicted molar refractivity (Wildman–Crippen MR) is 106 cm³/mol. The topological polar surface area (TPSA) is 39.7 Å². The van der Waals surface area contributed by atoms with E-state index in [1.165, 1.54) is 38.0 Å². The van der Waals surface area contributed by atoms with Gasteiger partial charge in [0, 0.05) is 43.7 Å². The minimum Gasteiger partial charge on any atom is -0.345 e. The highest BCUT2D eigenvalue weighted by molar-refractivity contribution is 7.13. The number of hydrogen-bond donors (Lipinski definition) is 0. The van der Waals surface area contributed by atoms with Crippen LogP contribution in [0.15, 0.2) is 35.7 Å². The van der Waals surface area contributed by atoms with Crippen molar-refractivity contribution in [1.29, 1.82) is 0 Å². The number of likely N-dealkylation sites (tertiary alicyclic amines) is 1. The van der Waals surface area contributed by atoms with Gasteiger partial charge in [-0.05, 0) is 38.1 Å². The summed E-state index contributed by atoms with van der Waals surface area (Å²) in [4.78, 5) is 24.2. The smallest absolute Gasteiger partial charge is 0.253 e. The van der Waals surface area contributed by atoms with E-state index in [1.54, 1.807) is 11.3 Å². The zero-order valence-electron chi connectivity index (χ0n) is 15.1. The van der Waals surface area contributed by atoms with Gasteiger partial charge in [0.15, 0.2) is 5.13 Å². The highest BCUT2D eigenvalue weighted by Gasteiger charge is 2.24. The van der Waals surface area contributed by atoms with Crippen LogP contribution in [-0.2, 0) is 6.54 Å². The number of hydrogen-bond acceptors (Lipinski definition) is 5. The van der Waals surface area contributed by atoms with Crippen molar-refractivity contribution < 1.29 is 4.79 Å². The molecule has 3 heterocycles. The quantitative estimate of drug-likeness (QED) is 0.829. The number of carbonyl (C=O) groups is 1. The minimum absolute atomic E-state index is 0.134. The highest BCUT2D eigenvalue weighted by Crippen LogP contribution is 2.24. The molecule has 0 unspecified atom stereocenters. The first-order valence-corrected chi connectivity index (χ1v) is 10.4. The molecule has 0 N–H and O–H groups in total. The molecule has 0 spiro atoms. The number of carbonyl (C=O) groups excluding carboxylic acids is 1. The number of anilines is 1. The summed E-state index contributed by atoms with van der Waals surface area (Å²) in [7, 11) is 0. The van der Waals surface area contributed by atoms with Gasteiger partial charge in [0.1, 0.15) is 0 Å². The van der Waals surface area contributed by atoms with Crippen molar-refractivity contribution in [2.45, 2.75) is 25.8 Å². The number of rotatable bonds is 4. The third-order valence-corrected chi connectivity index (χ3v) is 6.18. The Balaban J connectivity index is 1.31. The van der Waals surface area contributed by atoms with E-state index in [1.807, 2.05) is 35.2 Å². The van der Waals surface area contributed by atoms with Crippen LogP contribution in [0.5, 0.6) is 0 Å². The van der Waals surface area contributed by atoms with E-state index in [2.05, 4.69) is 15.2 Å². The third kappa shape index (κ3) is 4.07. The number of thiazole rings is 1. The van der Waals surface area contributed by atoms with Gasteiger partial charge in [-0.1, -0.05) is 24.6 Å². The van der Waals surface area contributed by atoms with E-state index >= 15 is 0 Å². The Bertz CT molecular complexity index is 718. The second kappa shape index (κ2) is 8.18. The maximum Gasteiger partial charge on any atom is 0.253 e. The SMILES string of the molecule is O=C(c1ccccc1)N1CCN(c2nc(CN3CCCCC3)cs2)CC1. The van der Waals surface area contributed by atoms with Crippen molar-refractivity contribution in [1.82, 2.24) is 14.8 Å². The van der Waals surface area contributed by atoms with E-state index in [-0.39, 0.29) is 5.91 Å². The fraction of sp³-hybridized carbons (Fsp3) is 0.500. The molecule has 2 saturated heterocycles. The molecule has 1 amide bonds. The molecule has 4 rings (SSSR count). The summed E-state index contributed by atoms with van der Waals surface area (Å²) in [5, 5.41) is 3.30. The lowest BCUT2D eigenvalue weighted by Gasteiger charge is -2.34. The molecule has 2 aliphatic heterocycles. The monoisotopic (exact) mass is 370 g/mol. The highest BCUT2D eigenvalue weighted by atomic mass is 32.1. The third-order valence-electron chi connectivity index (χ3n) is 5.23. The van der Waals surface area contributed by atoms with Crippen molar-refractivity contribution in [3.63, 3.8) is 0 Å². The van der Waals surface area contributed by atoms with Gasteiger partial charge >= 0.3 is 0 Å². The van der Waals surface area contributed by atoms with Crippen molar-refractivity contribution in [2.75, 3.05) is 44.2 Å². The van der Waals surface area contributed by atoms with Crippen LogP contribution in [0, 0.1) is 0 Å². The van der Waals surface area contributed by atoms with E-state index < -0.39 is 0 Å². The van der Waals surface area contributed by atoms with Gasteiger partial charge in [-0.15, -0.1) is 11.3 Å². The maximum absolute atomic E-state index is 12.6. The van der Waals surface area contributed by atoms with Gasteiger partial charge in [-0.3, -0.25) is 9.69 Å². The summed E-state index contributed by atoms with van der Waals surface area (Å²) in [6.45, 7) is 6.61. The Morgan fingerprint density at radius 1 is 0.962 bits per heavy atom. The number of piperazine rings is 1. The Hall–Kier alpha value is -1.92.